The van der Waals surface area contributed by atoms with Crippen LogP contribution in [-0.2, 0) is 95.9 Å². The molecule has 0 radical (unpaired) electrons. The fraction of sp³-hybridized carbons (Fsp3) is 0.825. The average Bonchev–Trinajstić information content (AvgIpc) is 0.738. The van der Waals surface area contributed by atoms with Crippen LogP contribution in [0.15, 0.2) is 38.8 Å². The Morgan fingerprint density at radius 1 is 0.391 bits per heavy atom. The summed E-state index contributed by atoms with van der Waals surface area (Å²) < 4.78 is 96.3. The molecular weight excluding hydrogens is 1500 g/mol. The van der Waals surface area contributed by atoms with Crippen LogP contribution in [0, 0.1) is 0 Å². The molecule has 622 valence electrons. The molecule has 40 unspecified atom stereocenters. The number of aliphatic imine (C=N–C) groups is 1. The SMILES string of the molecule is CC[n+]1c2ccccc2[nH+]c2c1c(=O)n(C)c(=O)n2CC([O-])=NCC1OC2OC3C(CO)OC(OC4C(CO)OC(OC5C(CO)OC(OC6C(CO)OC(OC7C(CO)OC(OC8C(CO)OC(OC9C(CO)OC(OC1C(O)C2O)C(O)C9O)C(O)C8O)C(O)C7O)C(O)C6O)C(O)C5O)C(O)C4O)C(O)C3O. The van der Waals surface area contributed by atoms with Crippen molar-refractivity contribution in [2.24, 2.45) is 12.0 Å². The number of fused-ring (bicyclic) bond motifs is 2. The molecule has 33 rings (SSSR count). The summed E-state index contributed by atoms with van der Waals surface area (Å²) in [5.74, 6) is -1.14. The highest BCUT2D eigenvalue weighted by Gasteiger charge is 2.61. The molecule has 30 aliphatic rings. The number of nitrogens with one attached hydrogen (secondary N) is 1. The summed E-state index contributed by atoms with van der Waals surface area (Å²) in [6.45, 7) is -7.88. The highest BCUT2D eigenvalue weighted by atomic mass is 16.8. The maximum absolute atomic E-state index is 14.2. The molecule has 0 spiro atoms. The summed E-state index contributed by atoms with van der Waals surface area (Å²) in [6.07, 6.45) is -85.4. The molecule has 110 heavy (non-hydrogen) atoms. The second-order valence-corrected chi connectivity index (χ2v) is 27.8. The van der Waals surface area contributed by atoms with E-state index in [1.165, 1.54) is 7.05 Å². The molecule has 30 fully saturated rings. The molecule has 47 heteroatoms. The second kappa shape index (κ2) is 35.5. The van der Waals surface area contributed by atoms with Crippen molar-refractivity contribution >= 4 is 28.1 Å². The first-order chi connectivity index (χ1) is 52.5. The summed E-state index contributed by atoms with van der Waals surface area (Å²) in [7, 11) is 1.17. The fourth-order valence-corrected chi connectivity index (χ4v) is 14.9. The number of aromatic nitrogens is 4. The number of hydrogen-bond acceptors (Lipinski definition) is 43. The highest BCUT2D eigenvalue weighted by molar-refractivity contribution is 5.76. The molecule has 0 amide bonds. The Kier molecular flexibility index (Phi) is 27.3. The van der Waals surface area contributed by atoms with E-state index in [4.69, 9.17) is 75.8 Å². The van der Waals surface area contributed by atoms with Gasteiger partial charge in [-0.25, -0.2) is 14.3 Å². The topological polar surface area (TPSA) is 710 Å². The Balaban J connectivity index is 0.847. The molecule has 30 saturated heterocycles. The standard InChI is InChI=1S/C63H93N5O42/c1-3-67-18-7-5-4-6-17(18)65-53-28(67)54(93)66(2)63(94)68(53)9-27(76)64-8-19-45-29(77)37(85)55(95-19)104-46-20(10-69)97-57(39(87)31(46)79)106-48-22(12-71)99-59(41(89)33(48)81)108-50-24(14-73)101-61(43(91)35(50)83)110-52-26(16-75)102-62(44(92)36(52)84)109-51-25(15-74)100-60(42(90)34(51)82)107-49-23(13-72)98-58(40(88)32(49)80)105-47-21(11-70)96-56(103-45)38(86)30(47)78/h4-7,19-26,29-52,55-62,69-75,77-92H,3,8-16H2,1-2H3/p+1. The maximum atomic E-state index is 14.2. The lowest BCUT2D eigenvalue weighted by Gasteiger charge is -2.50. The lowest BCUT2D eigenvalue weighted by Crippen LogP contribution is -2.69. The first-order valence-electron chi connectivity index (χ1n) is 35.3. The number of benzene rings is 1. The number of hydrogen-bond donors (Lipinski definition) is 23. The van der Waals surface area contributed by atoms with Crippen molar-refractivity contribution in [2.45, 2.75) is 266 Å². The molecular formula is C63H94N5O42+. The predicted octanol–water partition coefficient (Wildman–Crippen LogP) is -18.7. The van der Waals surface area contributed by atoms with Gasteiger partial charge in [0.2, 0.25) is 0 Å². The van der Waals surface area contributed by atoms with Gasteiger partial charge in [-0.2, -0.15) is 9.13 Å². The van der Waals surface area contributed by atoms with E-state index in [9.17, 15) is 132 Å². The first-order valence-corrected chi connectivity index (χ1v) is 35.3. The van der Waals surface area contributed by atoms with Gasteiger partial charge in [0.1, 0.15) is 208 Å². The van der Waals surface area contributed by atoms with Gasteiger partial charge in [0.15, 0.2) is 55.8 Å². The van der Waals surface area contributed by atoms with Gasteiger partial charge in [-0.1, -0.05) is 12.1 Å². The van der Waals surface area contributed by atoms with Gasteiger partial charge in [0.05, 0.1) is 52.8 Å². The van der Waals surface area contributed by atoms with Crippen molar-refractivity contribution in [1.29, 1.82) is 0 Å². The number of ether oxygens (including phenoxy) is 16. The van der Waals surface area contributed by atoms with E-state index in [2.05, 4.69) is 9.98 Å². The quantitative estimate of drug-likeness (QED) is 0.0346. The van der Waals surface area contributed by atoms with Crippen molar-refractivity contribution in [3.8, 4) is 0 Å². The zero-order valence-electron chi connectivity index (χ0n) is 58.3. The van der Waals surface area contributed by atoms with Gasteiger partial charge in [-0.3, -0.25) is 9.79 Å². The van der Waals surface area contributed by atoms with Crippen LogP contribution in [0.5, 0.6) is 0 Å². The Hall–Kier alpha value is -4.59. The molecule has 0 aliphatic carbocycles. The molecule has 16 bridgehead atoms. The lowest BCUT2D eigenvalue weighted by molar-refractivity contribution is -0.647. The number of aliphatic hydroxyl groups is 23. The Morgan fingerprint density at radius 2 is 0.636 bits per heavy atom. The van der Waals surface area contributed by atoms with E-state index in [1.807, 2.05) is 0 Å². The van der Waals surface area contributed by atoms with Crippen LogP contribution < -0.4 is 25.9 Å². The van der Waals surface area contributed by atoms with Crippen LogP contribution in [0.25, 0.3) is 22.2 Å². The summed E-state index contributed by atoms with van der Waals surface area (Å²) in [6, 6.07) is 6.74. The number of aromatic amines is 1. The third-order valence-corrected chi connectivity index (χ3v) is 21.0. The molecule has 30 aliphatic heterocycles. The smallest absolute Gasteiger partial charge is 0.418 e. The minimum absolute atomic E-state index is 0.0310. The Bertz CT molecular complexity index is 3690. The molecule has 24 N–H and O–H groups in total. The first kappa shape index (κ1) is 84.8. The normalized spacial score (nSPS) is 46.9. The molecule has 40 atom stereocenters. The lowest BCUT2D eigenvalue weighted by atomic mass is 9.94. The van der Waals surface area contributed by atoms with Crippen LogP contribution in [0.2, 0.25) is 0 Å². The van der Waals surface area contributed by atoms with E-state index < -0.39 is 322 Å². The zero-order valence-corrected chi connectivity index (χ0v) is 58.3. The molecule has 2 aromatic heterocycles. The zero-order chi connectivity index (χ0) is 79.5. The summed E-state index contributed by atoms with van der Waals surface area (Å²) >= 11 is 0. The van der Waals surface area contributed by atoms with Gasteiger partial charge in [0, 0.05) is 19.0 Å². The van der Waals surface area contributed by atoms with Gasteiger partial charge >= 0.3 is 22.4 Å². The predicted molar refractivity (Wildman–Crippen MR) is 340 cm³/mol. The Morgan fingerprint density at radius 3 is 0.891 bits per heavy atom. The minimum atomic E-state index is -2.41. The van der Waals surface area contributed by atoms with Gasteiger partial charge < -0.3 is 198 Å². The van der Waals surface area contributed by atoms with Crippen molar-refractivity contribution in [2.75, 3.05) is 52.8 Å². The monoisotopic (exact) mass is 1590 g/mol. The molecule has 0 saturated carbocycles. The van der Waals surface area contributed by atoms with E-state index in [0.29, 0.717) is 11.0 Å². The number of H-pyrrole nitrogens is 1. The molecule has 47 nitrogen and oxygen atoms in total. The van der Waals surface area contributed by atoms with E-state index in [-0.39, 0.29) is 17.7 Å². The number of rotatable bonds is 12. The number of aryl methyl sites for hydroxylation is 1. The third-order valence-electron chi connectivity index (χ3n) is 21.0. The van der Waals surface area contributed by atoms with Crippen molar-refractivity contribution in [1.82, 2.24) is 9.13 Å². The number of aliphatic hydroxyl groups excluding tert-OH is 23. The van der Waals surface area contributed by atoms with Crippen LogP contribution in [0.1, 0.15) is 6.92 Å². The summed E-state index contributed by atoms with van der Waals surface area (Å²) in [5.41, 5.74) is -0.893. The fourth-order valence-electron chi connectivity index (χ4n) is 14.9. The Labute approximate surface area is 619 Å². The number of para-hydroxylation sites is 2. The number of nitrogens with zero attached hydrogens (tertiary/aromatic N) is 4. The van der Waals surface area contributed by atoms with Crippen molar-refractivity contribution < 1.29 is 208 Å². The molecule has 32 heterocycles. The van der Waals surface area contributed by atoms with Crippen molar-refractivity contribution in [3.05, 3.63) is 45.1 Å². The van der Waals surface area contributed by atoms with Crippen LogP contribution in [-0.4, -0.2) is 431 Å². The minimum Gasteiger partial charge on any atom is -0.859 e. The van der Waals surface area contributed by atoms with Crippen LogP contribution in [0.4, 0.5) is 0 Å². The highest BCUT2D eigenvalue weighted by Crippen LogP contribution is 2.40. The summed E-state index contributed by atoms with van der Waals surface area (Å²) in [5, 5.41) is 275. The van der Waals surface area contributed by atoms with Crippen molar-refractivity contribution in [3.63, 3.8) is 0 Å². The summed E-state index contributed by atoms with van der Waals surface area (Å²) in [4.78, 5) is 34.8. The third kappa shape index (κ3) is 16.1. The van der Waals surface area contributed by atoms with Crippen LogP contribution in [0.3, 0.4) is 0 Å². The van der Waals surface area contributed by atoms with E-state index >= 15 is 0 Å². The van der Waals surface area contributed by atoms with Gasteiger partial charge in [-0.05, 0) is 13.0 Å². The molecule has 3 aromatic rings. The van der Waals surface area contributed by atoms with Gasteiger partial charge in [0.25, 0.3) is 5.52 Å². The molecule has 1 aromatic carbocycles. The van der Waals surface area contributed by atoms with Crippen LogP contribution >= 0.6 is 0 Å². The largest absolute Gasteiger partial charge is 0.859 e. The second-order valence-electron chi connectivity index (χ2n) is 27.8. The van der Waals surface area contributed by atoms with E-state index in [1.54, 1.807) is 35.8 Å². The van der Waals surface area contributed by atoms with Gasteiger partial charge in [-0.15, -0.1) is 0 Å². The average molecular weight is 1590 g/mol. The maximum Gasteiger partial charge on any atom is 0.418 e. The van der Waals surface area contributed by atoms with E-state index in [0.717, 1.165) is 9.13 Å².